The predicted molar refractivity (Wildman–Crippen MR) is 110 cm³/mol. The lowest BCUT2D eigenvalue weighted by molar-refractivity contribution is -0.0131. The van der Waals surface area contributed by atoms with Crippen molar-refractivity contribution < 1.29 is 5.11 Å². The molecule has 5 nitrogen and oxygen atoms in total. The highest BCUT2D eigenvalue weighted by Gasteiger charge is 2.38. The van der Waals surface area contributed by atoms with Crippen molar-refractivity contribution in [3.63, 3.8) is 0 Å². The zero-order valence-electron chi connectivity index (χ0n) is 16.1. The van der Waals surface area contributed by atoms with E-state index in [1.165, 1.54) is 28.8 Å². The maximum absolute atomic E-state index is 11.0. The Morgan fingerprint density at radius 1 is 1.18 bits per heavy atom. The van der Waals surface area contributed by atoms with Crippen molar-refractivity contribution in [3.8, 4) is 0 Å². The van der Waals surface area contributed by atoms with Crippen LogP contribution in [0.15, 0.2) is 48.0 Å². The van der Waals surface area contributed by atoms with Gasteiger partial charge in [0, 0.05) is 36.1 Å². The molecule has 2 aromatic heterocycles. The molecule has 0 spiro atoms. The number of thiophene rings is 1. The monoisotopic (exact) mass is 394 g/mol. The molecule has 146 valence electrons. The van der Waals surface area contributed by atoms with Crippen molar-refractivity contribution in [2.75, 3.05) is 6.54 Å². The third-order valence-corrected chi connectivity index (χ3v) is 6.90. The topological polar surface area (TPSA) is 54.2 Å². The van der Waals surface area contributed by atoms with Crippen molar-refractivity contribution >= 4 is 11.3 Å². The fourth-order valence-electron chi connectivity index (χ4n) is 4.24. The zero-order valence-corrected chi connectivity index (χ0v) is 16.9. The van der Waals surface area contributed by atoms with E-state index in [1.807, 2.05) is 4.68 Å². The summed E-state index contributed by atoms with van der Waals surface area (Å²) < 4.78 is 1.92. The molecule has 0 radical (unpaired) electrons. The average Bonchev–Trinajstić information content (AvgIpc) is 3.20. The molecule has 1 aliphatic carbocycles. The largest absolute Gasteiger partial charge is 0.390 e. The van der Waals surface area contributed by atoms with Crippen LogP contribution in [-0.4, -0.2) is 37.6 Å². The number of nitrogens with zero attached hydrogens (tertiary/aromatic N) is 4. The molecule has 1 saturated heterocycles. The fraction of sp³-hybridized carbons (Fsp3) is 0.455. The second-order valence-electron chi connectivity index (χ2n) is 8.20. The number of aliphatic hydroxyl groups is 1. The van der Waals surface area contributed by atoms with E-state index in [9.17, 15) is 5.11 Å². The van der Waals surface area contributed by atoms with Crippen molar-refractivity contribution in [3.05, 3.63) is 69.7 Å². The molecule has 28 heavy (non-hydrogen) atoms. The van der Waals surface area contributed by atoms with Crippen LogP contribution in [0.25, 0.3) is 0 Å². The van der Waals surface area contributed by atoms with Gasteiger partial charge in [-0.05, 0) is 43.2 Å². The number of aromatic nitrogens is 3. The van der Waals surface area contributed by atoms with Crippen molar-refractivity contribution in [2.45, 2.75) is 56.8 Å². The number of aliphatic hydroxyl groups excluding tert-OH is 1. The number of hydrogen-bond acceptors (Lipinski definition) is 5. The van der Waals surface area contributed by atoms with Crippen LogP contribution in [0.4, 0.5) is 0 Å². The van der Waals surface area contributed by atoms with Crippen LogP contribution in [0, 0.1) is 6.92 Å². The van der Waals surface area contributed by atoms with Gasteiger partial charge in [0.2, 0.25) is 0 Å². The van der Waals surface area contributed by atoms with Gasteiger partial charge in [-0.2, -0.15) is 0 Å². The Kier molecular flexibility index (Phi) is 4.78. The molecule has 1 saturated carbocycles. The highest BCUT2D eigenvalue weighted by atomic mass is 32.1. The second kappa shape index (κ2) is 7.43. The van der Waals surface area contributed by atoms with Crippen molar-refractivity contribution in [1.82, 2.24) is 19.9 Å². The van der Waals surface area contributed by atoms with E-state index in [4.69, 9.17) is 0 Å². The molecule has 1 aliphatic heterocycles. The average molecular weight is 395 g/mol. The molecule has 0 amide bonds. The number of hydrogen-bond donors (Lipinski definition) is 1. The summed E-state index contributed by atoms with van der Waals surface area (Å²) in [5, 5.41) is 21.8. The maximum Gasteiger partial charge on any atom is 0.0892 e. The van der Waals surface area contributed by atoms with Crippen LogP contribution in [0.1, 0.15) is 59.0 Å². The van der Waals surface area contributed by atoms with Gasteiger partial charge in [0.1, 0.15) is 0 Å². The molecule has 1 N–H and O–H groups in total. The number of piperidine rings is 1. The Balaban J connectivity index is 1.43. The molecule has 2 fully saturated rings. The summed E-state index contributed by atoms with van der Waals surface area (Å²) in [4.78, 5) is 3.75. The number of benzene rings is 1. The third kappa shape index (κ3) is 3.64. The first kappa shape index (κ1) is 18.0. The fourth-order valence-corrected chi connectivity index (χ4v) is 4.97. The molecular weight excluding hydrogens is 368 g/mol. The van der Waals surface area contributed by atoms with Gasteiger partial charge < -0.3 is 5.11 Å². The Bertz CT molecular complexity index is 916. The number of aryl methyl sites for hydroxylation is 1. The van der Waals surface area contributed by atoms with E-state index in [1.54, 1.807) is 11.3 Å². The maximum atomic E-state index is 11.0. The first-order valence-electron chi connectivity index (χ1n) is 10.1. The molecule has 3 unspecified atom stereocenters. The molecule has 0 bridgehead atoms. The van der Waals surface area contributed by atoms with E-state index in [0.29, 0.717) is 12.5 Å². The molecular formula is C22H26N4OS. The van der Waals surface area contributed by atoms with Crippen molar-refractivity contribution in [1.29, 1.82) is 0 Å². The van der Waals surface area contributed by atoms with Gasteiger partial charge in [0.05, 0.1) is 17.8 Å². The van der Waals surface area contributed by atoms with Gasteiger partial charge >= 0.3 is 0 Å². The smallest absolute Gasteiger partial charge is 0.0892 e. The van der Waals surface area contributed by atoms with Crippen LogP contribution in [-0.2, 0) is 6.54 Å². The van der Waals surface area contributed by atoms with Crippen LogP contribution < -0.4 is 0 Å². The van der Waals surface area contributed by atoms with Gasteiger partial charge in [0.25, 0.3) is 0 Å². The van der Waals surface area contributed by atoms with Crippen LogP contribution >= 0.6 is 11.3 Å². The lowest BCUT2D eigenvalue weighted by Crippen LogP contribution is -2.46. The molecule has 3 atom stereocenters. The van der Waals surface area contributed by atoms with Gasteiger partial charge in [0.15, 0.2) is 0 Å². The molecule has 1 aromatic carbocycles. The normalized spacial score (nSPS) is 25.9. The summed E-state index contributed by atoms with van der Waals surface area (Å²) in [6.07, 6.45) is 4.88. The zero-order chi connectivity index (χ0) is 19.1. The third-order valence-electron chi connectivity index (χ3n) is 6.04. The van der Waals surface area contributed by atoms with Crippen LogP contribution in [0.2, 0.25) is 0 Å². The van der Waals surface area contributed by atoms with Gasteiger partial charge in [-0.1, -0.05) is 41.1 Å². The summed E-state index contributed by atoms with van der Waals surface area (Å²) in [5.74, 6) is 0.581. The standard InChI is InChI=1S/C22H26N4OS/c1-15-4-6-17(7-5-15)20-11-21(26-13-19(23-24-26)16-8-9-16)22(27)14-25(20)12-18-3-2-10-28-18/h2-7,10,13,16,20-22,27H,8-9,11-12,14H2,1H3. The Morgan fingerprint density at radius 3 is 2.71 bits per heavy atom. The second-order valence-corrected chi connectivity index (χ2v) is 9.24. The Morgan fingerprint density at radius 2 is 2.00 bits per heavy atom. The van der Waals surface area contributed by atoms with Gasteiger partial charge in [-0.3, -0.25) is 4.90 Å². The first-order chi connectivity index (χ1) is 13.7. The number of β-amino-alcohol motifs (C(OH)–C–C–N with tert-alkyl or cyclic N) is 1. The summed E-state index contributed by atoms with van der Waals surface area (Å²) in [5.41, 5.74) is 3.66. The van der Waals surface area contributed by atoms with Gasteiger partial charge in [-0.15, -0.1) is 16.4 Å². The molecule has 6 heteroatoms. The van der Waals surface area contributed by atoms with E-state index in [2.05, 4.69) is 70.1 Å². The summed E-state index contributed by atoms with van der Waals surface area (Å²) in [7, 11) is 0. The van der Waals surface area contributed by atoms with Gasteiger partial charge in [-0.25, -0.2) is 4.68 Å². The van der Waals surface area contributed by atoms with E-state index < -0.39 is 6.10 Å². The summed E-state index contributed by atoms with van der Waals surface area (Å²) >= 11 is 1.78. The van der Waals surface area contributed by atoms with Crippen molar-refractivity contribution in [2.24, 2.45) is 0 Å². The molecule has 3 aromatic rings. The van der Waals surface area contributed by atoms with E-state index in [-0.39, 0.29) is 12.1 Å². The number of likely N-dealkylation sites (tertiary alicyclic amines) is 1. The molecule has 3 heterocycles. The number of rotatable bonds is 5. The Hall–Kier alpha value is -2.02. The first-order valence-corrected chi connectivity index (χ1v) is 11.0. The molecule has 2 aliphatic rings. The SMILES string of the molecule is Cc1ccc(C2CC(n3cc(C4CC4)nn3)C(O)CN2Cc2cccs2)cc1. The molecule has 5 rings (SSSR count). The minimum atomic E-state index is -0.449. The Labute approximate surface area is 169 Å². The minimum Gasteiger partial charge on any atom is -0.390 e. The summed E-state index contributed by atoms with van der Waals surface area (Å²) in [6, 6.07) is 13.3. The predicted octanol–water partition coefficient (Wildman–Crippen LogP) is 4.07. The highest BCUT2D eigenvalue weighted by Crippen LogP contribution is 2.41. The van der Waals surface area contributed by atoms with Crippen LogP contribution in [0.5, 0.6) is 0 Å². The lowest BCUT2D eigenvalue weighted by Gasteiger charge is -2.42. The minimum absolute atomic E-state index is 0.0362. The van der Waals surface area contributed by atoms with E-state index >= 15 is 0 Å². The lowest BCUT2D eigenvalue weighted by atomic mass is 9.89. The highest BCUT2D eigenvalue weighted by molar-refractivity contribution is 7.09. The summed E-state index contributed by atoms with van der Waals surface area (Å²) in [6.45, 7) is 3.62. The van der Waals surface area contributed by atoms with Crippen LogP contribution in [0.3, 0.4) is 0 Å². The quantitative estimate of drug-likeness (QED) is 0.709. The van der Waals surface area contributed by atoms with E-state index in [0.717, 1.165) is 18.7 Å².